The summed E-state index contributed by atoms with van der Waals surface area (Å²) in [6.07, 6.45) is 2.08. The number of halogens is 1. The minimum Gasteiger partial charge on any atom is -0.494 e. The first kappa shape index (κ1) is 21.7. The summed E-state index contributed by atoms with van der Waals surface area (Å²) in [5.74, 6) is 0.939. The first-order valence-corrected chi connectivity index (χ1v) is 7.75. The Bertz CT molecular complexity index is 440. The number of carbonyl (C=O) groups excluding carboxylic acids is 1. The summed E-state index contributed by atoms with van der Waals surface area (Å²) in [5.41, 5.74) is 6.78. The highest BCUT2D eigenvalue weighted by atomic mass is 35.5. The lowest BCUT2D eigenvalue weighted by Gasteiger charge is -2.23. The molecule has 132 valence electrons. The zero-order valence-corrected chi connectivity index (χ0v) is 15.1. The van der Waals surface area contributed by atoms with Gasteiger partial charge in [-0.2, -0.15) is 0 Å². The average molecular weight is 345 g/mol. The number of likely N-dealkylation sites (N-methyl/N-ethyl adjacent to an activating group) is 1. The van der Waals surface area contributed by atoms with Crippen LogP contribution in [0.25, 0.3) is 0 Å². The molecule has 0 saturated heterocycles. The van der Waals surface area contributed by atoms with Crippen LogP contribution in [0.1, 0.15) is 25.3 Å². The van der Waals surface area contributed by atoms with Gasteiger partial charge in [0.15, 0.2) is 0 Å². The number of nitrogens with zero attached hydrogens (tertiary/aromatic N) is 1. The normalized spacial score (nSPS) is 11.5. The Morgan fingerprint density at radius 3 is 2.48 bits per heavy atom. The van der Waals surface area contributed by atoms with Gasteiger partial charge in [-0.05, 0) is 37.5 Å². The van der Waals surface area contributed by atoms with Crippen molar-refractivity contribution in [2.45, 2.75) is 32.2 Å². The Hall–Kier alpha value is -1.30. The zero-order chi connectivity index (χ0) is 16.4. The highest BCUT2D eigenvalue weighted by Crippen LogP contribution is 2.13. The topological polar surface area (TPSA) is 64.8 Å². The van der Waals surface area contributed by atoms with Crippen LogP contribution < -0.4 is 10.5 Å². The molecule has 23 heavy (non-hydrogen) atoms. The number of benzene rings is 1. The lowest BCUT2D eigenvalue weighted by atomic mass is 10.1. The Morgan fingerprint density at radius 2 is 1.91 bits per heavy atom. The van der Waals surface area contributed by atoms with Crippen LogP contribution in [0.4, 0.5) is 0 Å². The highest BCUT2D eigenvalue weighted by molar-refractivity contribution is 5.85. The molecule has 0 saturated carbocycles. The number of carbonyl (C=O) groups is 1. The van der Waals surface area contributed by atoms with E-state index in [0.29, 0.717) is 26.0 Å². The van der Waals surface area contributed by atoms with Crippen LogP contribution in [0.3, 0.4) is 0 Å². The largest absolute Gasteiger partial charge is 0.494 e. The number of nitrogens with two attached hydrogens (primary N) is 1. The summed E-state index contributed by atoms with van der Waals surface area (Å²) >= 11 is 0. The van der Waals surface area contributed by atoms with Crippen molar-refractivity contribution in [2.24, 2.45) is 5.73 Å². The maximum atomic E-state index is 11.9. The fourth-order valence-electron chi connectivity index (χ4n) is 1.97. The molecule has 0 fully saturated rings. The van der Waals surface area contributed by atoms with Crippen LogP contribution in [-0.2, 0) is 16.0 Å². The van der Waals surface area contributed by atoms with Crippen molar-refractivity contribution in [3.63, 3.8) is 0 Å². The number of ether oxygens (including phenoxy) is 2. The van der Waals surface area contributed by atoms with E-state index in [1.54, 1.807) is 19.1 Å². The first-order chi connectivity index (χ1) is 10.6. The summed E-state index contributed by atoms with van der Waals surface area (Å²) < 4.78 is 10.7. The van der Waals surface area contributed by atoms with E-state index < -0.39 is 0 Å². The minimum atomic E-state index is 0. The van der Waals surface area contributed by atoms with Crippen LogP contribution in [0, 0.1) is 0 Å². The molecule has 2 N–H and O–H groups in total. The molecule has 0 spiro atoms. The molecular weight excluding hydrogens is 316 g/mol. The molecule has 5 nitrogen and oxygen atoms in total. The summed E-state index contributed by atoms with van der Waals surface area (Å²) in [6, 6.07) is 8.06. The molecule has 0 aliphatic rings. The van der Waals surface area contributed by atoms with Crippen LogP contribution in [0.2, 0.25) is 0 Å². The summed E-state index contributed by atoms with van der Waals surface area (Å²) in [5, 5.41) is 0. The molecule has 1 atom stereocenters. The van der Waals surface area contributed by atoms with Gasteiger partial charge in [0, 0.05) is 33.2 Å². The Labute approximate surface area is 145 Å². The molecule has 1 aromatic rings. The van der Waals surface area contributed by atoms with Crippen molar-refractivity contribution < 1.29 is 14.3 Å². The molecule has 1 aromatic carbocycles. The van der Waals surface area contributed by atoms with E-state index >= 15 is 0 Å². The standard InChI is InChI=1S/C17H28N2O3.ClH/c1-14(13-18)19(2)17(20)5-4-11-22-16-8-6-15(7-9-16)10-12-21-3;/h6-9,14H,4-5,10-13,18H2,1-3H3;1H. The van der Waals surface area contributed by atoms with Gasteiger partial charge in [-0.3, -0.25) is 4.79 Å². The Kier molecular flexibility index (Phi) is 11.5. The first-order valence-electron chi connectivity index (χ1n) is 7.75. The van der Waals surface area contributed by atoms with Crippen molar-refractivity contribution >= 4 is 18.3 Å². The number of hydrogen-bond acceptors (Lipinski definition) is 4. The van der Waals surface area contributed by atoms with Crippen molar-refractivity contribution in [2.75, 3.05) is 33.9 Å². The van der Waals surface area contributed by atoms with Gasteiger partial charge in [-0.15, -0.1) is 12.4 Å². The van der Waals surface area contributed by atoms with E-state index in [0.717, 1.165) is 18.8 Å². The van der Waals surface area contributed by atoms with Gasteiger partial charge < -0.3 is 20.1 Å². The maximum absolute atomic E-state index is 11.9. The molecule has 0 aliphatic heterocycles. The monoisotopic (exact) mass is 344 g/mol. The summed E-state index contributed by atoms with van der Waals surface area (Å²) in [6.45, 7) is 3.68. The van der Waals surface area contributed by atoms with Gasteiger partial charge in [-0.1, -0.05) is 12.1 Å². The van der Waals surface area contributed by atoms with E-state index in [9.17, 15) is 4.79 Å². The zero-order valence-electron chi connectivity index (χ0n) is 14.3. The molecule has 1 unspecified atom stereocenters. The van der Waals surface area contributed by atoms with Gasteiger partial charge >= 0.3 is 0 Å². The average Bonchev–Trinajstić information content (AvgIpc) is 2.56. The number of hydrogen-bond donors (Lipinski definition) is 1. The molecule has 0 radical (unpaired) electrons. The molecule has 0 aromatic heterocycles. The molecule has 0 heterocycles. The maximum Gasteiger partial charge on any atom is 0.222 e. The quantitative estimate of drug-likeness (QED) is 0.661. The Morgan fingerprint density at radius 1 is 1.26 bits per heavy atom. The molecule has 0 aliphatic carbocycles. The molecule has 1 amide bonds. The van der Waals surface area contributed by atoms with Crippen LogP contribution in [-0.4, -0.2) is 50.8 Å². The number of amides is 1. The lowest BCUT2D eigenvalue weighted by Crippen LogP contribution is -2.39. The summed E-state index contributed by atoms with van der Waals surface area (Å²) in [4.78, 5) is 13.6. The highest BCUT2D eigenvalue weighted by Gasteiger charge is 2.13. The molecule has 6 heteroatoms. The van der Waals surface area contributed by atoms with Crippen LogP contribution in [0.5, 0.6) is 5.75 Å². The van der Waals surface area contributed by atoms with Crippen molar-refractivity contribution in [3.8, 4) is 5.75 Å². The molecule has 0 bridgehead atoms. The molecular formula is C17H29ClN2O3. The SMILES string of the molecule is COCCc1ccc(OCCCC(=O)N(C)C(C)CN)cc1.Cl. The van der Waals surface area contributed by atoms with Crippen molar-refractivity contribution in [3.05, 3.63) is 29.8 Å². The van der Waals surface area contributed by atoms with E-state index in [1.165, 1.54) is 5.56 Å². The summed E-state index contributed by atoms with van der Waals surface area (Å²) in [7, 11) is 3.49. The van der Waals surface area contributed by atoms with E-state index in [2.05, 4.69) is 0 Å². The lowest BCUT2D eigenvalue weighted by molar-refractivity contribution is -0.131. The number of rotatable bonds is 10. The van der Waals surface area contributed by atoms with E-state index in [-0.39, 0.29) is 24.4 Å². The fourth-order valence-corrected chi connectivity index (χ4v) is 1.97. The van der Waals surface area contributed by atoms with Crippen LogP contribution in [0.15, 0.2) is 24.3 Å². The third-order valence-electron chi connectivity index (χ3n) is 3.72. The van der Waals surface area contributed by atoms with Gasteiger partial charge in [0.2, 0.25) is 5.91 Å². The Balaban J connectivity index is 0.00000484. The van der Waals surface area contributed by atoms with E-state index in [1.807, 2.05) is 31.2 Å². The van der Waals surface area contributed by atoms with Gasteiger partial charge in [-0.25, -0.2) is 0 Å². The van der Waals surface area contributed by atoms with Gasteiger partial charge in [0.05, 0.1) is 13.2 Å². The second kappa shape index (κ2) is 12.2. The fraction of sp³-hybridized carbons (Fsp3) is 0.588. The minimum absolute atomic E-state index is 0. The number of methoxy groups -OCH3 is 1. The predicted octanol–water partition coefficient (Wildman–Crippen LogP) is 2.26. The van der Waals surface area contributed by atoms with Crippen molar-refractivity contribution in [1.29, 1.82) is 0 Å². The van der Waals surface area contributed by atoms with E-state index in [4.69, 9.17) is 15.2 Å². The third kappa shape index (κ3) is 8.21. The smallest absolute Gasteiger partial charge is 0.222 e. The van der Waals surface area contributed by atoms with Gasteiger partial charge in [0.1, 0.15) is 5.75 Å². The van der Waals surface area contributed by atoms with Gasteiger partial charge in [0.25, 0.3) is 0 Å². The second-order valence-corrected chi connectivity index (χ2v) is 5.43. The predicted molar refractivity (Wildman–Crippen MR) is 95.3 cm³/mol. The third-order valence-corrected chi connectivity index (χ3v) is 3.72. The van der Waals surface area contributed by atoms with Crippen LogP contribution >= 0.6 is 12.4 Å². The molecule has 1 rings (SSSR count). The van der Waals surface area contributed by atoms with Crippen molar-refractivity contribution in [1.82, 2.24) is 4.90 Å². The second-order valence-electron chi connectivity index (χ2n) is 5.43.